The van der Waals surface area contributed by atoms with Crippen LogP contribution in [0.2, 0.25) is 0 Å². The van der Waals surface area contributed by atoms with Gasteiger partial charge >= 0.3 is 11.9 Å². The molecule has 11 atom stereocenters. The number of amides is 1. The Morgan fingerprint density at radius 3 is 2.32 bits per heavy atom. The number of fused-ring (bicyclic) bond motifs is 6. The van der Waals surface area contributed by atoms with Crippen LogP contribution in [-0.2, 0) is 49.5 Å². The van der Waals surface area contributed by atoms with Gasteiger partial charge in [-0.05, 0) is 107 Å². The lowest BCUT2D eigenvalue weighted by atomic mass is 9.52. The molecule has 0 spiro atoms. The molecule has 0 aromatic heterocycles. The summed E-state index contributed by atoms with van der Waals surface area (Å²) in [6.07, 6.45) is 13.3. The number of benzene rings is 1. The molecule has 7 fully saturated rings. The molecule has 1 unspecified atom stereocenters. The van der Waals surface area contributed by atoms with Gasteiger partial charge in [-0.15, -0.1) is 0 Å². The van der Waals surface area contributed by atoms with Gasteiger partial charge in [0.1, 0.15) is 35.4 Å². The lowest BCUT2D eigenvalue weighted by molar-refractivity contribution is -0.224. The fraction of sp³-hybridized carbons (Fsp3) is 0.784. The molecular formula is C51H76N2O10. The molecule has 4 heterocycles. The zero-order chi connectivity index (χ0) is 45.0. The maximum atomic E-state index is 15.0. The topological polar surface area (TPSA) is 145 Å². The number of nitrogens with one attached hydrogen (secondary N) is 1. The first-order valence-electron chi connectivity index (χ1n) is 24.5. The number of hydrogen-bond acceptors (Lipinski definition) is 11. The number of aliphatic hydroxyl groups excluding tert-OH is 1. The van der Waals surface area contributed by atoms with Crippen molar-refractivity contribution in [2.24, 2.45) is 22.7 Å². The number of epoxide rings is 1. The van der Waals surface area contributed by atoms with E-state index in [2.05, 4.69) is 70.3 Å². The average molecular weight is 877 g/mol. The van der Waals surface area contributed by atoms with Crippen LogP contribution in [0.25, 0.3) is 6.08 Å². The number of carbonyl (C=O) groups excluding carboxylic acids is 3. The Hall–Kier alpha value is -2.87. The van der Waals surface area contributed by atoms with Gasteiger partial charge in [-0.1, -0.05) is 89.3 Å². The van der Waals surface area contributed by atoms with Crippen LogP contribution in [-0.4, -0.2) is 94.2 Å². The first-order valence-corrected chi connectivity index (χ1v) is 24.5. The van der Waals surface area contributed by atoms with Gasteiger partial charge in [0.25, 0.3) is 0 Å². The lowest BCUT2D eigenvalue weighted by Gasteiger charge is -2.53. The smallest absolute Gasteiger partial charge is 0.327 e. The average Bonchev–Trinajstić information content (AvgIpc) is 3.50. The summed E-state index contributed by atoms with van der Waals surface area (Å²) < 4.78 is 32.0. The van der Waals surface area contributed by atoms with Crippen molar-refractivity contribution in [1.82, 2.24) is 10.4 Å². The van der Waals surface area contributed by atoms with E-state index in [1.165, 1.54) is 18.4 Å². The summed E-state index contributed by atoms with van der Waals surface area (Å²) in [6, 6.07) is 6.64. The Morgan fingerprint density at radius 1 is 0.968 bits per heavy atom. The van der Waals surface area contributed by atoms with Gasteiger partial charge in [0.2, 0.25) is 5.91 Å². The SMILES string of the molecule is CCCCCC1(CCCCC)O[C@@H]2[C@H](O1)[C@H]1ON(Cc3ccc(C=C4CCC5O[C@]5(C)CC[C@@H]5[C@@H]4CC5(C)C)cc3)[C@H]3C(=O)O[C@@H]2C[C@@]13C(=O)N[C@H](CO)CCC(=O)OC(C)(C)C. The third-order valence-corrected chi connectivity index (χ3v) is 15.7. The van der Waals surface area contributed by atoms with Gasteiger partial charge < -0.3 is 34.1 Å². The molecule has 4 saturated heterocycles. The summed E-state index contributed by atoms with van der Waals surface area (Å²) in [5, 5.41) is 15.2. The number of allylic oxidation sites excluding steroid dienone is 1. The summed E-state index contributed by atoms with van der Waals surface area (Å²) in [5.74, 6) is -1.01. The molecule has 3 aliphatic carbocycles. The van der Waals surface area contributed by atoms with Crippen molar-refractivity contribution in [3.63, 3.8) is 0 Å². The van der Waals surface area contributed by atoms with E-state index in [4.69, 9.17) is 28.5 Å². The molecule has 350 valence electrons. The van der Waals surface area contributed by atoms with E-state index in [0.29, 0.717) is 36.2 Å². The number of carbonyl (C=O) groups is 3. The molecule has 12 heteroatoms. The second-order valence-corrected chi connectivity index (χ2v) is 22.1. The van der Waals surface area contributed by atoms with Gasteiger partial charge in [0.15, 0.2) is 11.8 Å². The second-order valence-electron chi connectivity index (χ2n) is 22.1. The fourth-order valence-electron chi connectivity index (χ4n) is 12.2. The molecule has 7 aliphatic rings. The fourth-order valence-corrected chi connectivity index (χ4v) is 12.2. The van der Waals surface area contributed by atoms with Gasteiger partial charge in [0, 0.05) is 25.7 Å². The molecule has 63 heavy (non-hydrogen) atoms. The second kappa shape index (κ2) is 18.1. The maximum absolute atomic E-state index is 15.0. The number of unbranched alkanes of at least 4 members (excludes halogenated alkanes) is 4. The number of aliphatic hydroxyl groups is 1. The number of hydroxylamine groups is 2. The largest absolute Gasteiger partial charge is 0.460 e. The van der Waals surface area contributed by atoms with Crippen LogP contribution in [0.5, 0.6) is 0 Å². The summed E-state index contributed by atoms with van der Waals surface area (Å²) in [5.41, 5.74) is 1.91. The Balaban J connectivity index is 1.06. The van der Waals surface area contributed by atoms with E-state index in [1.54, 1.807) is 25.8 Å². The zero-order valence-electron chi connectivity index (χ0n) is 39.4. The number of nitrogens with zero attached hydrogens (tertiary/aromatic N) is 1. The third kappa shape index (κ3) is 9.42. The molecule has 2 bridgehead atoms. The van der Waals surface area contributed by atoms with Crippen molar-refractivity contribution in [3.05, 3.63) is 41.0 Å². The molecule has 12 nitrogen and oxygen atoms in total. The van der Waals surface area contributed by atoms with Gasteiger partial charge in [-0.25, -0.2) is 0 Å². The van der Waals surface area contributed by atoms with E-state index >= 15 is 4.79 Å². The molecule has 1 amide bonds. The molecular weight excluding hydrogens is 801 g/mol. The summed E-state index contributed by atoms with van der Waals surface area (Å²) in [4.78, 5) is 49.0. The molecule has 1 aromatic carbocycles. The van der Waals surface area contributed by atoms with Gasteiger partial charge in [0.05, 0.1) is 30.9 Å². The Labute approximate surface area is 375 Å². The normalized spacial score (nSPS) is 36.1. The van der Waals surface area contributed by atoms with E-state index in [0.717, 1.165) is 68.9 Å². The monoisotopic (exact) mass is 877 g/mol. The van der Waals surface area contributed by atoms with Crippen LogP contribution in [0.1, 0.15) is 169 Å². The van der Waals surface area contributed by atoms with Crippen LogP contribution in [0, 0.1) is 22.7 Å². The van der Waals surface area contributed by atoms with E-state index < -0.39 is 77.8 Å². The third-order valence-electron chi connectivity index (χ3n) is 15.7. The summed E-state index contributed by atoms with van der Waals surface area (Å²) in [6.45, 7) is 16.7. The van der Waals surface area contributed by atoms with E-state index in [-0.39, 0.29) is 31.4 Å². The first kappa shape index (κ1) is 46.7. The Bertz CT molecular complexity index is 1850. The van der Waals surface area contributed by atoms with Crippen LogP contribution in [0.15, 0.2) is 29.8 Å². The summed E-state index contributed by atoms with van der Waals surface area (Å²) in [7, 11) is 0. The van der Waals surface area contributed by atoms with Crippen molar-refractivity contribution >= 4 is 23.9 Å². The minimum Gasteiger partial charge on any atom is -0.460 e. The van der Waals surface area contributed by atoms with Crippen molar-refractivity contribution in [2.45, 2.75) is 224 Å². The molecule has 1 aromatic rings. The molecule has 2 N–H and O–H groups in total. The molecule has 3 saturated carbocycles. The number of esters is 2. The minimum absolute atomic E-state index is 0.00981. The highest BCUT2D eigenvalue weighted by molar-refractivity contribution is 5.93. The van der Waals surface area contributed by atoms with E-state index in [1.807, 2.05) is 0 Å². The lowest BCUT2D eigenvalue weighted by Crippen LogP contribution is -2.70. The molecule has 4 aliphatic heterocycles. The van der Waals surface area contributed by atoms with Gasteiger partial charge in [-0.2, -0.15) is 5.06 Å². The van der Waals surface area contributed by atoms with Crippen LogP contribution < -0.4 is 5.32 Å². The quantitative estimate of drug-likeness (QED) is 0.0883. The highest BCUT2D eigenvalue weighted by Gasteiger charge is 2.76. The van der Waals surface area contributed by atoms with Crippen LogP contribution in [0.4, 0.5) is 0 Å². The van der Waals surface area contributed by atoms with Crippen molar-refractivity contribution < 1.29 is 48.0 Å². The standard InChI is InChI=1S/C51H76N2O10/c1-9-11-13-24-50(25-14-12-10-2)61-41-38-29-51(46(57)52-35(31-54)20-22-40(55)60-47(3,4)5)43(45(56)58-38)53(63-44(51)42(41)62-50)30-33-17-15-32(16-18-33)27-34-19-21-39-49(8,59-39)26-23-37-36(34)28-48(37,6)7/h15-18,27,35-39,41-44,54H,9-14,19-26,28-31H2,1-8H3,(H,52,57)/t35-,36+,37+,38+,39?,41-,42-,43-,44+,49+,51-/m0/s1. The highest BCUT2D eigenvalue weighted by atomic mass is 16.8. The van der Waals surface area contributed by atoms with Gasteiger partial charge in [-0.3, -0.25) is 19.2 Å². The van der Waals surface area contributed by atoms with E-state index in [9.17, 15) is 14.7 Å². The Morgan fingerprint density at radius 2 is 1.67 bits per heavy atom. The van der Waals surface area contributed by atoms with Crippen molar-refractivity contribution in [1.29, 1.82) is 0 Å². The Kier molecular flexibility index (Phi) is 13.4. The van der Waals surface area contributed by atoms with Crippen molar-refractivity contribution in [2.75, 3.05) is 6.61 Å². The minimum atomic E-state index is -1.40. The molecule has 8 rings (SSSR count). The van der Waals surface area contributed by atoms with Crippen molar-refractivity contribution in [3.8, 4) is 0 Å². The zero-order valence-corrected chi connectivity index (χ0v) is 39.4. The van der Waals surface area contributed by atoms with Crippen LogP contribution in [0.3, 0.4) is 0 Å². The number of hydrogen-bond donors (Lipinski definition) is 2. The van der Waals surface area contributed by atoms with Crippen LogP contribution >= 0.6 is 0 Å². The predicted octanol–water partition coefficient (Wildman–Crippen LogP) is 8.50. The molecule has 0 radical (unpaired) electrons. The number of ether oxygens (including phenoxy) is 5. The highest BCUT2D eigenvalue weighted by Crippen LogP contribution is 2.61. The number of rotatable bonds is 17. The summed E-state index contributed by atoms with van der Waals surface area (Å²) >= 11 is 0. The maximum Gasteiger partial charge on any atom is 0.327 e. The first-order chi connectivity index (χ1) is 29.9. The predicted molar refractivity (Wildman–Crippen MR) is 238 cm³/mol.